The zero-order chi connectivity index (χ0) is 31.8. The molecule has 2 aromatic carbocycles. The number of urea groups is 1. The fourth-order valence-electron chi connectivity index (χ4n) is 5.74. The molecular formula is C33H39N5O6. The van der Waals surface area contributed by atoms with Gasteiger partial charge in [-0.25, -0.2) is 14.8 Å². The van der Waals surface area contributed by atoms with E-state index in [1.807, 2.05) is 67.6 Å². The highest BCUT2D eigenvalue weighted by molar-refractivity contribution is 5.93. The predicted octanol–water partition coefficient (Wildman–Crippen LogP) is 3.38. The van der Waals surface area contributed by atoms with E-state index in [1.54, 1.807) is 37.3 Å². The largest absolute Gasteiger partial charge is 0.497 e. The number of piperazine rings is 1. The van der Waals surface area contributed by atoms with Crippen LogP contribution in [-0.4, -0.2) is 94.7 Å². The standard InChI is InChI=1S/C33H39N5O6/c1-5-7-11-24(6-2)27(25-12-9-8-10-13-25)20-36-21-29-37(28(32(36)42)18-31(40)41)30(39)22-35(3)38(29)33(43)34-19-23-14-16-26(44-4)17-15-23/h5-17,27-29H,1,18-22H2,2-4H3,(H,34,43)(H,40,41)/b11-7-,24-6+/t27?,28-,29?/m0/s1. The van der Waals surface area contributed by atoms with Gasteiger partial charge in [0.2, 0.25) is 11.8 Å². The third-order valence-electron chi connectivity index (χ3n) is 7.88. The van der Waals surface area contributed by atoms with Crippen molar-refractivity contribution in [2.24, 2.45) is 0 Å². The maximum absolute atomic E-state index is 13.9. The molecule has 4 amide bonds. The van der Waals surface area contributed by atoms with Crippen LogP contribution in [-0.2, 0) is 20.9 Å². The van der Waals surface area contributed by atoms with Crippen LogP contribution in [0.3, 0.4) is 0 Å². The molecule has 2 fully saturated rings. The van der Waals surface area contributed by atoms with Crippen molar-refractivity contribution in [3.8, 4) is 5.75 Å². The molecule has 44 heavy (non-hydrogen) atoms. The molecule has 0 radical (unpaired) electrons. The Morgan fingerprint density at radius 1 is 1.14 bits per heavy atom. The number of hydrogen-bond acceptors (Lipinski definition) is 6. The van der Waals surface area contributed by atoms with E-state index in [1.165, 1.54) is 14.9 Å². The second-order valence-electron chi connectivity index (χ2n) is 10.7. The monoisotopic (exact) mass is 601 g/mol. The molecule has 2 aromatic rings. The Morgan fingerprint density at radius 3 is 2.45 bits per heavy atom. The summed E-state index contributed by atoms with van der Waals surface area (Å²) < 4.78 is 5.20. The Hall–Kier alpha value is -4.90. The van der Waals surface area contributed by atoms with Crippen LogP contribution < -0.4 is 10.1 Å². The van der Waals surface area contributed by atoms with E-state index in [0.29, 0.717) is 5.75 Å². The lowest BCUT2D eigenvalue weighted by Gasteiger charge is -2.54. The van der Waals surface area contributed by atoms with Crippen molar-refractivity contribution in [1.82, 2.24) is 25.1 Å². The lowest BCUT2D eigenvalue weighted by molar-refractivity contribution is -0.188. The Morgan fingerprint density at radius 2 is 1.84 bits per heavy atom. The van der Waals surface area contributed by atoms with Crippen LogP contribution in [0.4, 0.5) is 4.79 Å². The van der Waals surface area contributed by atoms with E-state index in [4.69, 9.17) is 4.74 Å². The van der Waals surface area contributed by atoms with Gasteiger partial charge in [-0.3, -0.25) is 14.4 Å². The van der Waals surface area contributed by atoms with E-state index in [9.17, 15) is 24.3 Å². The number of benzene rings is 2. The second kappa shape index (κ2) is 14.5. The minimum Gasteiger partial charge on any atom is -0.497 e. The summed E-state index contributed by atoms with van der Waals surface area (Å²) in [5.41, 5.74) is 2.74. The fourth-order valence-corrected chi connectivity index (χ4v) is 5.74. The lowest BCUT2D eigenvalue weighted by Crippen LogP contribution is -2.76. The summed E-state index contributed by atoms with van der Waals surface area (Å²) in [6, 6.07) is 15.2. The highest BCUT2D eigenvalue weighted by Crippen LogP contribution is 2.32. The maximum atomic E-state index is 13.9. The van der Waals surface area contributed by atoms with E-state index >= 15 is 0 Å². The van der Waals surface area contributed by atoms with Crippen LogP contribution in [0.25, 0.3) is 0 Å². The van der Waals surface area contributed by atoms with Crippen LogP contribution in [0.15, 0.2) is 91.1 Å². The van der Waals surface area contributed by atoms with E-state index in [0.717, 1.165) is 16.7 Å². The van der Waals surface area contributed by atoms with Crippen molar-refractivity contribution in [3.05, 3.63) is 102 Å². The molecule has 2 N–H and O–H groups in total. The number of fused-ring (bicyclic) bond motifs is 1. The number of allylic oxidation sites excluding steroid dienone is 4. The second-order valence-corrected chi connectivity index (χ2v) is 10.7. The Bertz CT molecular complexity index is 1420. The number of carboxylic acid groups (broad SMARTS) is 1. The number of hydrogen-bond donors (Lipinski definition) is 2. The summed E-state index contributed by atoms with van der Waals surface area (Å²) in [6.45, 7) is 5.93. The first-order chi connectivity index (χ1) is 21.2. The van der Waals surface area contributed by atoms with Gasteiger partial charge < -0.3 is 25.0 Å². The van der Waals surface area contributed by atoms with Crippen molar-refractivity contribution < 1.29 is 29.0 Å². The molecule has 0 aliphatic carbocycles. The van der Waals surface area contributed by atoms with E-state index in [2.05, 4.69) is 11.9 Å². The normalized spacial score (nSPS) is 20.0. The van der Waals surface area contributed by atoms with Crippen LogP contribution in [0, 0.1) is 0 Å². The Balaban J connectivity index is 1.67. The number of methoxy groups -OCH3 is 1. The molecule has 232 valence electrons. The summed E-state index contributed by atoms with van der Waals surface area (Å²) in [5.74, 6) is -1.67. The molecule has 11 heteroatoms. The molecule has 2 unspecified atom stereocenters. The summed E-state index contributed by atoms with van der Waals surface area (Å²) in [4.78, 5) is 55.7. The number of likely N-dealkylation sites (N-methyl/N-ethyl adjacent to an activating group) is 1. The van der Waals surface area contributed by atoms with Gasteiger partial charge in [-0.1, -0.05) is 73.3 Å². The van der Waals surface area contributed by atoms with Gasteiger partial charge in [-0.15, -0.1) is 0 Å². The van der Waals surface area contributed by atoms with Crippen LogP contribution in [0.1, 0.15) is 30.4 Å². The molecule has 2 saturated heterocycles. The van der Waals surface area contributed by atoms with Crippen LogP contribution in [0.2, 0.25) is 0 Å². The molecule has 11 nitrogen and oxygen atoms in total. The fraction of sp³-hybridized carbons (Fsp3) is 0.333. The van der Waals surface area contributed by atoms with Crippen LogP contribution >= 0.6 is 0 Å². The van der Waals surface area contributed by atoms with E-state index in [-0.39, 0.29) is 32.1 Å². The molecule has 3 atom stereocenters. The molecule has 2 heterocycles. The number of aliphatic carboxylic acids is 1. The third kappa shape index (κ3) is 7.17. The molecule has 0 spiro atoms. The lowest BCUT2D eigenvalue weighted by atomic mass is 9.89. The quantitative estimate of drug-likeness (QED) is 0.379. The first-order valence-corrected chi connectivity index (χ1v) is 14.4. The number of rotatable bonds is 11. The number of nitrogens with one attached hydrogen (secondary N) is 1. The van der Waals surface area contributed by atoms with Gasteiger partial charge in [0.05, 0.1) is 26.6 Å². The summed E-state index contributed by atoms with van der Waals surface area (Å²) in [5, 5.41) is 15.6. The van der Waals surface area contributed by atoms with Gasteiger partial charge in [0.25, 0.3) is 0 Å². The number of carboxylic acids is 1. The minimum atomic E-state index is -1.27. The van der Waals surface area contributed by atoms with E-state index < -0.39 is 42.4 Å². The Kier molecular flexibility index (Phi) is 10.6. The summed E-state index contributed by atoms with van der Waals surface area (Å²) >= 11 is 0. The first kappa shape index (κ1) is 32.0. The van der Waals surface area contributed by atoms with Gasteiger partial charge in [-0.05, 0) is 35.8 Å². The third-order valence-corrected chi connectivity index (χ3v) is 7.88. The highest BCUT2D eigenvalue weighted by Gasteiger charge is 2.51. The molecule has 4 rings (SSSR count). The maximum Gasteiger partial charge on any atom is 0.334 e. The number of nitrogens with zero attached hydrogens (tertiary/aromatic N) is 4. The van der Waals surface area contributed by atoms with Crippen molar-refractivity contribution in [1.29, 1.82) is 0 Å². The van der Waals surface area contributed by atoms with Gasteiger partial charge in [0.1, 0.15) is 18.0 Å². The molecule has 2 aliphatic rings. The zero-order valence-corrected chi connectivity index (χ0v) is 25.3. The van der Waals surface area contributed by atoms with Gasteiger partial charge >= 0.3 is 12.0 Å². The van der Waals surface area contributed by atoms with Gasteiger partial charge in [-0.2, -0.15) is 0 Å². The smallest absolute Gasteiger partial charge is 0.334 e. The van der Waals surface area contributed by atoms with Crippen molar-refractivity contribution in [2.45, 2.75) is 38.0 Å². The topological polar surface area (TPSA) is 123 Å². The molecule has 0 saturated carbocycles. The highest BCUT2D eigenvalue weighted by atomic mass is 16.5. The number of carbonyl (C=O) groups excluding carboxylic acids is 3. The average molecular weight is 602 g/mol. The molecule has 0 aromatic heterocycles. The molecular weight excluding hydrogens is 562 g/mol. The first-order valence-electron chi connectivity index (χ1n) is 14.4. The van der Waals surface area contributed by atoms with Crippen LogP contribution in [0.5, 0.6) is 5.75 Å². The summed E-state index contributed by atoms with van der Waals surface area (Å²) in [6.07, 6.45) is 5.90. The van der Waals surface area contributed by atoms with Crippen molar-refractivity contribution in [3.63, 3.8) is 0 Å². The minimum absolute atomic E-state index is 0.00644. The molecule has 0 bridgehead atoms. The average Bonchev–Trinajstić information content (AvgIpc) is 3.01. The SMILES string of the molecule is C=C/C=C\C(=C/C)C(CN1CC2N(C(=O)CN(C)N2C(=O)NCc2ccc(OC)cc2)[C@@H](CC(=O)O)C1=O)c1ccccc1. The zero-order valence-electron chi connectivity index (χ0n) is 25.3. The number of carbonyl (C=O) groups is 4. The van der Waals surface area contributed by atoms with Gasteiger partial charge in [0.15, 0.2) is 0 Å². The van der Waals surface area contributed by atoms with Crippen molar-refractivity contribution >= 4 is 23.8 Å². The Labute approximate surface area is 257 Å². The van der Waals surface area contributed by atoms with Crippen molar-refractivity contribution in [2.75, 3.05) is 33.8 Å². The number of amides is 4. The number of ether oxygens (including phenoxy) is 1. The van der Waals surface area contributed by atoms with Gasteiger partial charge in [0, 0.05) is 26.1 Å². The molecule has 2 aliphatic heterocycles. The summed E-state index contributed by atoms with van der Waals surface area (Å²) in [7, 11) is 3.20. The number of hydrazine groups is 1. The predicted molar refractivity (Wildman–Crippen MR) is 165 cm³/mol.